The second-order valence-corrected chi connectivity index (χ2v) is 6.76. The van der Waals surface area contributed by atoms with Crippen LogP contribution in [0.3, 0.4) is 0 Å². The van der Waals surface area contributed by atoms with Gasteiger partial charge in [0.05, 0.1) is 12.8 Å². The molecule has 0 radical (unpaired) electrons. The van der Waals surface area contributed by atoms with Crippen LogP contribution in [0.4, 0.5) is 0 Å². The Morgan fingerprint density at radius 2 is 1.96 bits per heavy atom. The summed E-state index contributed by atoms with van der Waals surface area (Å²) in [6, 6.07) is 6.36. The molecule has 1 aromatic carbocycles. The summed E-state index contributed by atoms with van der Waals surface area (Å²) >= 11 is 0. The standard InChI is InChI=1S/C21H33N5O/c1-7-22-21(24-13-11-19-16(3)25-26(5)17(19)4)23-12-10-18-9-8-15(2)20(14-18)27-6/h8-9,14H,7,10-13H2,1-6H3,(H2,22,23,24). The molecule has 0 atom stereocenters. The number of methoxy groups -OCH3 is 1. The van der Waals surface area contributed by atoms with Crippen LogP contribution in [-0.4, -0.2) is 42.5 Å². The van der Waals surface area contributed by atoms with Gasteiger partial charge in [-0.25, -0.2) is 0 Å². The molecule has 27 heavy (non-hydrogen) atoms. The second-order valence-electron chi connectivity index (χ2n) is 6.76. The first-order valence-electron chi connectivity index (χ1n) is 9.61. The van der Waals surface area contributed by atoms with Crippen LogP contribution in [0, 0.1) is 20.8 Å². The molecule has 148 valence electrons. The molecule has 2 N–H and O–H groups in total. The Balaban J connectivity index is 1.89. The number of nitrogens with one attached hydrogen (secondary N) is 2. The van der Waals surface area contributed by atoms with E-state index in [1.165, 1.54) is 16.8 Å². The highest BCUT2D eigenvalue weighted by molar-refractivity contribution is 5.79. The fourth-order valence-corrected chi connectivity index (χ4v) is 3.15. The number of rotatable bonds is 8. The van der Waals surface area contributed by atoms with Gasteiger partial charge in [-0.15, -0.1) is 0 Å². The van der Waals surface area contributed by atoms with Gasteiger partial charge in [0.25, 0.3) is 0 Å². The molecule has 1 aromatic heterocycles. The lowest BCUT2D eigenvalue weighted by Gasteiger charge is -2.12. The Kier molecular flexibility index (Phi) is 7.70. The molecule has 0 unspecified atom stereocenters. The minimum Gasteiger partial charge on any atom is -0.496 e. The molecule has 0 amide bonds. The Hall–Kier alpha value is -2.50. The van der Waals surface area contributed by atoms with Crippen molar-refractivity contribution in [3.63, 3.8) is 0 Å². The van der Waals surface area contributed by atoms with Gasteiger partial charge in [-0.05, 0) is 63.3 Å². The lowest BCUT2D eigenvalue weighted by Crippen LogP contribution is -2.38. The summed E-state index contributed by atoms with van der Waals surface area (Å²) in [6.45, 7) is 10.7. The minimum absolute atomic E-state index is 0.737. The second kappa shape index (κ2) is 10.00. The Labute approximate surface area is 163 Å². The number of nitrogens with zero attached hydrogens (tertiary/aromatic N) is 3. The van der Waals surface area contributed by atoms with Crippen molar-refractivity contribution in [3.05, 3.63) is 46.3 Å². The van der Waals surface area contributed by atoms with Crippen LogP contribution in [0.25, 0.3) is 0 Å². The predicted molar refractivity (Wildman–Crippen MR) is 112 cm³/mol. The molecule has 0 spiro atoms. The average Bonchev–Trinajstić information content (AvgIpc) is 2.89. The van der Waals surface area contributed by atoms with Gasteiger partial charge in [0.2, 0.25) is 0 Å². The Morgan fingerprint density at radius 1 is 1.19 bits per heavy atom. The highest BCUT2D eigenvalue weighted by atomic mass is 16.5. The van der Waals surface area contributed by atoms with E-state index in [2.05, 4.69) is 61.6 Å². The summed E-state index contributed by atoms with van der Waals surface area (Å²) in [5, 5.41) is 11.2. The molecule has 0 bridgehead atoms. The van der Waals surface area contributed by atoms with Gasteiger partial charge < -0.3 is 15.4 Å². The maximum Gasteiger partial charge on any atom is 0.191 e. The zero-order valence-electron chi connectivity index (χ0n) is 17.5. The van der Waals surface area contributed by atoms with Crippen LogP contribution in [-0.2, 0) is 19.9 Å². The third-order valence-corrected chi connectivity index (χ3v) is 4.81. The van der Waals surface area contributed by atoms with Gasteiger partial charge in [0, 0.05) is 32.4 Å². The third kappa shape index (κ3) is 5.74. The van der Waals surface area contributed by atoms with E-state index in [1.54, 1.807) is 7.11 Å². The quantitative estimate of drug-likeness (QED) is 0.553. The van der Waals surface area contributed by atoms with Crippen LogP contribution in [0.2, 0.25) is 0 Å². The monoisotopic (exact) mass is 371 g/mol. The molecule has 0 fully saturated rings. The van der Waals surface area contributed by atoms with E-state index in [4.69, 9.17) is 9.73 Å². The van der Waals surface area contributed by atoms with E-state index in [9.17, 15) is 0 Å². The molecular weight excluding hydrogens is 338 g/mol. The molecule has 1 heterocycles. The maximum absolute atomic E-state index is 5.40. The first-order valence-corrected chi connectivity index (χ1v) is 9.61. The number of aliphatic imine (C=N–C) groups is 1. The van der Waals surface area contributed by atoms with E-state index in [1.807, 2.05) is 11.7 Å². The number of aromatic nitrogens is 2. The molecule has 0 saturated heterocycles. The lowest BCUT2D eigenvalue weighted by atomic mass is 10.1. The van der Waals surface area contributed by atoms with Crippen LogP contribution in [0.5, 0.6) is 5.75 Å². The van der Waals surface area contributed by atoms with E-state index >= 15 is 0 Å². The van der Waals surface area contributed by atoms with Gasteiger partial charge in [-0.1, -0.05) is 12.1 Å². The van der Waals surface area contributed by atoms with E-state index < -0.39 is 0 Å². The summed E-state index contributed by atoms with van der Waals surface area (Å²) in [7, 11) is 3.70. The zero-order chi connectivity index (χ0) is 19.8. The molecule has 6 heteroatoms. The van der Waals surface area contributed by atoms with Gasteiger partial charge in [0.15, 0.2) is 5.96 Å². The smallest absolute Gasteiger partial charge is 0.191 e. The molecule has 6 nitrogen and oxygen atoms in total. The fraction of sp³-hybridized carbons (Fsp3) is 0.524. The number of guanidine groups is 1. The van der Waals surface area contributed by atoms with Crippen LogP contribution in [0.15, 0.2) is 23.2 Å². The predicted octanol–water partition coefficient (Wildman–Crippen LogP) is 2.69. The van der Waals surface area contributed by atoms with Gasteiger partial charge in [0.1, 0.15) is 5.75 Å². The van der Waals surface area contributed by atoms with E-state index in [0.29, 0.717) is 0 Å². The highest BCUT2D eigenvalue weighted by Gasteiger charge is 2.08. The SMILES string of the molecule is CCNC(=NCCc1c(C)nn(C)c1C)NCCc1ccc(C)c(OC)c1. The number of hydrogen-bond donors (Lipinski definition) is 2. The van der Waals surface area contributed by atoms with Crippen LogP contribution < -0.4 is 15.4 Å². The molecule has 2 rings (SSSR count). The molecular formula is C21H33N5O. The number of hydrogen-bond acceptors (Lipinski definition) is 3. The summed E-state index contributed by atoms with van der Waals surface area (Å²) < 4.78 is 7.34. The lowest BCUT2D eigenvalue weighted by molar-refractivity contribution is 0.411. The Morgan fingerprint density at radius 3 is 2.59 bits per heavy atom. The summed E-state index contributed by atoms with van der Waals surface area (Å²) in [6.07, 6.45) is 1.82. The van der Waals surface area contributed by atoms with E-state index in [-0.39, 0.29) is 0 Å². The Bertz CT molecular complexity index is 779. The number of benzene rings is 1. The molecule has 0 aliphatic carbocycles. The summed E-state index contributed by atoms with van der Waals surface area (Å²) in [5.41, 5.74) is 6.02. The molecule has 0 aliphatic heterocycles. The first kappa shape index (κ1) is 20.8. The van der Waals surface area contributed by atoms with Crippen molar-refractivity contribution < 1.29 is 4.74 Å². The average molecular weight is 372 g/mol. The van der Waals surface area contributed by atoms with Crippen molar-refractivity contribution in [1.29, 1.82) is 0 Å². The molecule has 0 aliphatic rings. The first-order chi connectivity index (χ1) is 13.0. The van der Waals surface area contributed by atoms with Crippen molar-refractivity contribution in [2.24, 2.45) is 12.0 Å². The minimum atomic E-state index is 0.737. The fourth-order valence-electron chi connectivity index (χ4n) is 3.15. The third-order valence-electron chi connectivity index (χ3n) is 4.81. The zero-order valence-corrected chi connectivity index (χ0v) is 17.5. The van der Waals surface area contributed by atoms with Crippen molar-refractivity contribution in [3.8, 4) is 5.75 Å². The maximum atomic E-state index is 5.40. The van der Waals surface area contributed by atoms with E-state index in [0.717, 1.165) is 55.4 Å². The van der Waals surface area contributed by atoms with Crippen molar-refractivity contribution in [2.75, 3.05) is 26.7 Å². The van der Waals surface area contributed by atoms with Crippen LogP contribution >= 0.6 is 0 Å². The molecule has 0 saturated carbocycles. The summed E-state index contributed by atoms with van der Waals surface area (Å²) in [5.74, 6) is 1.80. The normalized spacial score (nSPS) is 11.6. The number of ether oxygens (including phenoxy) is 1. The number of aryl methyl sites for hydroxylation is 3. The van der Waals surface area contributed by atoms with Crippen molar-refractivity contribution in [1.82, 2.24) is 20.4 Å². The largest absolute Gasteiger partial charge is 0.496 e. The van der Waals surface area contributed by atoms with Crippen LogP contribution in [0.1, 0.15) is 35.0 Å². The highest BCUT2D eigenvalue weighted by Crippen LogP contribution is 2.19. The summed E-state index contributed by atoms with van der Waals surface area (Å²) in [4.78, 5) is 4.71. The van der Waals surface area contributed by atoms with Gasteiger partial charge in [-0.3, -0.25) is 9.67 Å². The van der Waals surface area contributed by atoms with Crippen molar-refractivity contribution in [2.45, 2.75) is 40.5 Å². The molecule has 2 aromatic rings. The van der Waals surface area contributed by atoms with Gasteiger partial charge >= 0.3 is 0 Å². The van der Waals surface area contributed by atoms with Crippen molar-refractivity contribution >= 4 is 5.96 Å². The van der Waals surface area contributed by atoms with Gasteiger partial charge in [-0.2, -0.15) is 5.10 Å². The topological polar surface area (TPSA) is 63.5 Å².